The highest BCUT2D eigenvalue weighted by molar-refractivity contribution is 7.89. The molecule has 3 rings (SSSR count). The Kier molecular flexibility index (Phi) is 7.26. The van der Waals surface area contributed by atoms with E-state index in [0.717, 1.165) is 18.4 Å². The highest BCUT2D eigenvalue weighted by Gasteiger charge is 2.26. The summed E-state index contributed by atoms with van der Waals surface area (Å²) >= 11 is 0. The number of nitrogens with one attached hydrogen (secondary N) is 1. The van der Waals surface area contributed by atoms with Crippen LogP contribution in [0.5, 0.6) is 0 Å². The third kappa shape index (κ3) is 5.77. The van der Waals surface area contributed by atoms with Gasteiger partial charge in [0, 0.05) is 25.6 Å². The number of rotatable bonds is 6. The van der Waals surface area contributed by atoms with E-state index in [0.29, 0.717) is 50.1 Å². The van der Waals surface area contributed by atoms with Crippen LogP contribution in [0.1, 0.15) is 50.5 Å². The topological polar surface area (TPSA) is 75.7 Å². The summed E-state index contributed by atoms with van der Waals surface area (Å²) in [6, 6.07) is 7.23. The molecule has 150 valence electrons. The molecule has 1 saturated heterocycles. The first-order chi connectivity index (χ1) is 13.1. The van der Waals surface area contributed by atoms with E-state index in [-0.39, 0.29) is 5.91 Å². The van der Waals surface area contributed by atoms with Crippen LogP contribution in [0, 0.1) is 0 Å². The molecule has 1 amide bonds. The van der Waals surface area contributed by atoms with Crippen LogP contribution in [-0.4, -0.2) is 51.0 Å². The van der Waals surface area contributed by atoms with Crippen molar-refractivity contribution in [2.75, 3.05) is 26.3 Å². The fraction of sp³-hybridized carbons (Fsp3) is 0.650. The number of hydrogen-bond donors (Lipinski definition) is 1. The van der Waals surface area contributed by atoms with Gasteiger partial charge in [0.15, 0.2) is 0 Å². The van der Waals surface area contributed by atoms with Crippen molar-refractivity contribution >= 4 is 15.9 Å². The minimum absolute atomic E-state index is 0.0897. The summed E-state index contributed by atoms with van der Waals surface area (Å²) in [5.74, 6) is 0.0897. The number of morpholine rings is 1. The van der Waals surface area contributed by atoms with Crippen LogP contribution in [0.2, 0.25) is 0 Å². The first-order valence-electron chi connectivity index (χ1n) is 10.0. The van der Waals surface area contributed by atoms with Gasteiger partial charge < -0.3 is 10.1 Å². The van der Waals surface area contributed by atoms with Crippen molar-refractivity contribution in [3.63, 3.8) is 0 Å². The summed E-state index contributed by atoms with van der Waals surface area (Å²) in [6.45, 7) is 1.66. The Morgan fingerprint density at radius 1 is 1.04 bits per heavy atom. The molecule has 1 heterocycles. The summed E-state index contributed by atoms with van der Waals surface area (Å²) in [4.78, 5) is 12.5. The lowest BCUT2D eigenvalue weighted by Crippen LogP contribution is -2.40. The predicted molar refractivity (Wildman–Crippen MR) is 104 cm³/mol. The maximum Gasteiger partial charge on any atom is 0.243 e. The predicted octanol–water partition coefficient (Wildman–Crippen LogP) is 2.48. The molecule has 1 saturated carbocycles. The van der Waals surface area contributed by atoms with Crippen LogP contribution < -0.4 is 5.32 Å². The summed E-state index contributed by atoms with van der Waals surface area (Å²) in [5.41, 5.74) is 0.979. The summed E-state index contributed by atoms with van der Waals surface area (Å²) in [7, 11) is -3.46. The Hall–Kier alpha value is -1.44. The number of benzene rings is 1. The second-order valence-corrected chi connectivity index (χ2v) is 9.35. The van der Waals surface area contributed by atoms with Crippen LogP contribution in [-0.2, 0) is 26.0 Å². The summed E-state index contributed by atoms with van der Waals surface area (Å²) < 4.78 is 31.9. The standard InChI is InChI=1S/C20H30N2O4S/c23-20(21-18-5-3-1-2-4-6-18)12-9-17-7-10-19(11-8-17)27(24,25)22-13-15-26-16-14-22/h7-8,10-11,18H,1-6,9,12-16H2,(H,21,23). The molecule has 1 aliphatic carbocycles. The Labute approximate surface area is 162 Å². The van der Waals surface area contributed by atoms with Crippen molar-refractivity contribution < 1.29 is 17.9 Å². The van der Waals surface area contributed by atoms with Crippen molar-refractivity contribution in [1.82, 2.24) is 9.62 Å². The Balaban J connectivity index is 1.50. The molecule has 0 unspecified atom stereocenters. The van der Waals surface area contributed by atoms with Crippen molar-refractivity contribution in [2.45, 2.75) is 62.3 Å². The van der Waals surface area contributed by atoms with Gasteiger partial charge in [-0.1, -0.05) is 37.8 Å². The molecule has 1 aromatic rings. The number of carbonyl (C=O) groups is 1. The SMILES string of the molecule is O=C(CCc1ccc(S(=O)(=O)N2CCOCC2)cc1)NC1CCCCCC1. The fourth-order valence-corrected chi connectivity index (χ4v) is 5.15. The molecular formula is C20H30N2O4S. The molecule has 0 aromatic heterocycles. The Bertz CT molecular complexity index is 704. The molecule has 27 heavy (non-hydrogen) atoms. The van der Waals surface area contributed by atoms with E-state index in [1.54, 1.807) is 12.1 Å². The van der Waals surface area contributed by atoms with Crippen LogP contribution in [0.3, 0.4) is 0 Å². The smallest absolute Gasteiger partial charge is 0.243 e. The van der Waals surface area contributed by atoms with Gasteiger partial charge >= 0.3 is 0 Å². The molecule has 1 aliphatic heterocycles. The van der Waals surface area contributed by atoms with Crippen molar-refractivity contribution in [1.29, 1.82) is 0 Å². The zero-order valence-electron chi connectivity index (χ0n) is 15.9. The average Bonchev–Trinajstić information content (AvgIpc) is 2.96. The molecule has 1 N–H and O–H groups in total. The number of amides is 1. The minimum atomic E-state index is -3.46. The molecule has 0 radical (unpaired) electrons. The molecule has 6 nitrogen and oxygen atoms in total. The number of aryl methyl sites for hydroxylation is 1. The number of sulfonamides is 1. The van der Waals surface area contributed by atoms with Gasteiger partial charge in [0.25, 0.3) is 0 Å². The molecule has 0 atom stereocenters. The van der Waals surface area contributed by atoms with E-state index in [2.05, 4.69) is 5.32 Å². The largest absolute Gasteiger partial charge is 0.379 e. The molecule has 0 bridgehead atoms. The van der Waals surface area contributed by atoms with Gasteiger partial charge in [-0.05, 0) is 37.0 Å². The van der Waals surface area contributed by atoms with E-state index < -0.39 is 10.0 Å². The fourth-order valence-electron chi connectivity index (χ4n) is 3.75. The van der Waals surface area contributed by atoms with E-state index >= 15 is 0 Å². The van der Waals surface area contributed by atoms with Crippen LogP contribution in [0.4, 0.5) is 0 Å². The Morgan fingerprint density at radius 2 is 1.67 bits per heavy atom. The number of ether oxygens (including phenoxy) is 1. The minimum Gasteiger partial charge on any atom is -0.379 e. The molecule has 2 aliphatic rings. The number of hydrogen-bond acceptors (Lipinski definition) is 4. The normalized spacial score (nSPS) is 20.1. The second kappa shape index (κ2) is 9.66. The molecule has 0 spiro atoms. The lowest BCUT2D eigenvalue weighted by Gasteiger charge is -2.26. The van der Waals surface area contributed by atoms with Crippen LogP contribution in [0.25, 0.3) is 0 Å². The van der Waals surface area contributed by atoms with Gasteiger partial charge in [-0.25, -0.2) is 8.42 Å². The second-order valence-electron chi connectivity index (χ2n) is 7.42. The van der Waals surface area contributed by atoms with Crippen molar-refractivity contribution in [3.05, 3.63) is 29.8 Å². The monoisotopic (exact) mass is 394 g/mol. The highest BCUT2D eigenvalue weighted by atomic mass is 32.2. The third-order valence-electron chi connectivity index (χ3n) is 5.39. The van der Waals surface area contributed by atoms with E-state index in [1.807, 2.05) is 12.1 Å². The quantitative estimate of drug-likeness (QED) is 0.752. The van der Waals surface area contributed by atoms with E-state index in [4.69, 9.17) is 4.74 Å². The van der Waals surface area contributed by atoms with E-state index in [9.17, 15) is 13.2 Å². The Morgan fingerprint density at radius 3 is 2.30 bits per heavy atom. The molecule has 1 aromatic carbocycles. The zero-order valence-corrected chi connectivity index (χ0v) is 16.7. The van der Waals surface area contributed by atoms with Gasteiger partial charge in [0.05, 0.1) is 18.1 Å². The maximum absolute atomic E-state index is 12.6. The lowest BCUT2D eigenvalue weighted by molar-refractivity contribution is -0.121. The van der Waals surface area contributed by atoms with Crippen molar-refractivity contribution in [3.8, 4) is 0 Å². The summed E-state index contributed by atoms with van der Waals surface area (Å²) in [5, 5.41) is 3.15. The van der Waals surface area contributed by atoms with Crippen molar-refractivity contribution in [2.24, 2.45) is 0 Å². The zero-order chi connectivity index (χ0) is 19.1. The highest BCUT2D eigenvalue weighted by Crippen LogP contribution is 2.19. The van der Waals surface area contributed by atoms with Gasteiger partial charge in [0.2, 0.25) is 15.9 Å². The first-order valence-corrected chi connectivity index (χ1v) is 11.5. The van der Waals surface area contributed by atoms with Gasteiger partial charge in [-0.15, -0.1) is 0 Å². The van der Waals surface area contributed by atoms with Gasteiger partial charge in [-0.2, -0.15) is 4.31 Å². The third-order valence-corrected chi connectivity index (χ3v) is 7.31. The number of carbonyl (C=O) groups excluding carboxylic acids is 1. The maximum atomic E-state index is 12.6. The van der Waals surface area contributed by atoms with E-state index in [1.165, 1.54) is 30.0 Å². The molecule has 2 fully saturated rings. The first kappa shape index (κ1) is 20.3. The summed E-state index contributed by atoms with van der Waals surface area (Å²) in [6.07, 6.45) is 8.16. The number of nitrogens with zero attached hydrogens (tertiary/aromatic N) is 1. The van der Waals surface area contributed by atoms with Gasteiger partial charge in [-0.3, -0.25) is 4.79 Å². The van der Waals surface area contributed by atoms with Crippen LogP contribution in [0.15, 0.2) is 29.2 Å². The average molecular weight is 395 g/mol. The van der Waals surface area contributed by atoms with Gasteiger partial charge in [0.1, 0.15) is 0 Å². The lowest BCUT2D eigenvalue weighted by atomic mass is 10.1. The molecular weight excluding hydrogens is 364 g/mol. The van der Waals surface area contributed by atoms with Crippen LogP contribution >= 0.6 is 0 Å². The molecule has 7 heteroatoms.